The minimum atomic E-state index is -0.286. The molecule has 0 fully saturated rings. The Morgan fingerprint density at radius 1 is 1.22 bits per heavy atom. The summed E-state index contributed by atoms with van der Waals surface area (Å²) in [5.74, 6) is -0.286. The van der Waals surface area contributed by atoms with Gasteiger partial charge in [-0.2, -0.15) is 0 Å². The molecule has 1 aromatic heterocycles. The molecule has 1 aromatic carbocycles. The Bertz CT molecular complexity index is 569. The van der Waals surface area contributed by atoms with Crippen LogP contribution in [0.2, 0.25) is 0 Å². The number of oxazole rings is 1. The number of unbranched alkanes of at least 4 members (excludes halogenated alkanes) is 4. The summed E-state index contributed by atoms with van der Waals surface area (Å²) in [7, 11) is 0. The van der Waals surface area contributed by atoms with Gasteiger partial charge in [0.05, 0.1) is 5.52 Å². The Balaban J connectivity index is 2.10. The topological polar surface area (TPSA) is 61.2 Å². The van der Waals surface area contributed by atoms with Crippen LogP contribution in [0, 0.1) is 0 Å². The fourth-order valence-corrected chi connectivity index (χ4v) is 2.16. The molecule has 2 N–H and O–H groups in total. The van der Waals surface area contributed by atoms with Crippen LogP contribution in [0.1, 0.15) is 39.0 Å². The predicted octanol–water partition coefficient (Wildman–Crippen LogP) is 3.15. The number of fused-ring (bicyclic) bond motifs is 1. The van der Waals surface area contributed by atoms with Gasteiger partial charge in [0.1, 0.15) is 0 Å². The number of nitrogens with zero attached hydrogens (tertiary/aromatic N) is 1. The van der Waals surface area contributed by atoms with E-state index in [9.17, 15) is 4.79 Å². The average molecular weight is 248 g/mol. The maximum Gasteiger partial charge on any atom is 0.419 e. The molecule has 0 unspecified atom stereocenters. The zero-order chi connectivity index (χ0) is 13.0. The van der Waals surface area contributed by atoms with Crippen LogP contribution in [0.25, 0.3) is 11.1 Å². The van der Waals surface area contributed by atoms with Crippen LogP contribution in [0.3, 0.4) is 0 Å². The van der Waals surface area contributed by atoms with Gasteiger partial charge in [0.15, 0.2) is 5.58 Å². The molecule has 0 radical (unpaired) electrons. The smallest absolute Gasteiger partial charge is 0.408 e. The van der Waals surface area contributed by atoms with E-state index in [2.05, 4.69) is 6.92 Å². The van der Waals surface area contributed by atoms with E-state index in [4.69, 9.17) is 10.2 Å². The van der Waals surface area contributed by atoms with Gasteiger partial charge < -0.3 is 10.2 Å². The van der Waals surface area contributed by atoms with Crippen molar-refractivity contribution in [3.05, 3.63) is 28.7 Å². The van der Waals surface area contributed by atoms with Gasteiger partial charge in [-0.3, -0.25) is 4.57 Å². The van der Waals surface area contributed by atoms with Crippen LogP contribution in [0.5, 0.6) is 0 Å². The minimum Gasteiger partial charge on any atom is -0.408 e. The van der Waals surface area contributed by atoms with Gasteiger partial charge in [-0.05, 0) is 24.6 Å². The SMILES string of the molecule is CCCCCCCn1c(=O)oc2ccc(N)cc21. The summed E-state index contributed by atoms with van der Waals surface area (Å²) in [6, 6.07) is 5.29. The zero-order valence-electron chi connectivity index (χ0n) is 10.8. The molecule has 4 heteroatoms. The van der Waals surface area contributed by atoms with Crippen molar-refractivity contribution >= 4 is 16.8 Å². The number of aryl methyl sites for hydroxylation is 1. The Labute approximate surface area is 106 Å². The highest BCUT2D eigenvalue weighted by Crippen LogP contribution is 2.17. The Morgan fingerprint density at radius 3 is 2.78 bits per heavy atom. The fraction of sp³-hybridized carbons (Fsp3) is 0.500. The first-order valence-corrected chi connectivity index (χ1v) is 6.61. The van der Waals surface area contributed by atoms with Crippen molar-refractivity contribution in [2.75, 3.05) is 5.73 Å². The average Bonchev–Trinajstić information content (AvgIpc) is 2.65. The summed E-state index contributed by atoms with van der Waals surface area (Å²) in [4.78, 5) is 11.7. The van der Waals surface area contributed by atoms with Crippen molar-refractivity contribution in [1.29, 1.82) is 0 Å². The highest BCUT2D eigenvalue weighted by Gasteiger charge is 2.08. The molecule has 2 rings (SSSR count). The second-order valence-electron chi connectivity index (χ2n) is 4.66. The van der Waals surface area contributed by atoms with Gasteiger partial charge in [-0.25, -0.2) is 4.79 Å². The second-order valence-corrected chi connectivity index (χ2v) is 4.66. The monoisotopic (exact) mass is 248 g/mol. The van der Waals surface area contributed by atoms with Crippen LogP contribution in [-0.4, -0.2) is 4.57 Å². The molecule has 2 aromatic rings. The largest absolute Gasteiger partial charge is 0.419 e. The molecule has 0 saturated heterocycles. The van der Waals surface area contributed by atoms with Crippen molar-refractivity contribution in [1.82, 2.24) is 4.57 Å². The molecule has 0 atom stereocenters. The molecular weight excluding hydrogens is 228 g/mol. The minimum absolute atomic E-state index is 0.286. The van der Waals surface area contributed by atoms with Crippen molar-refractivity contribution < 1.29 is 4.42 Å². The first kappa shape index (κ1) is 12.7. The van der Waals surface area contributed by atoms with E-state index in [0.29, 0.717) is 17.8 Å². The van der Waals surface area contributed by atoms with Gasteiger partial charge in [-0.1, -0.05) is 32.6 Å². The lowest BCUT2D eigenvalue weighted by Gasteiger charge is -2.02. The maximum absolute atomic E-state index is 11.7. The third-order valence-corrected chi connectivity index (χ3v) is 3.18. The number of hydrogen-bond donors (Lipinski definition) is 1. The normalized spacial score (nSPS) is 11.2. The van der Waals surface area contributed by atoms with Gasteiger partial charge in [0, 0.05) is 12.2 Å². The zero-order valence-corrected chi connectivity index (χ0v) is 10.8. The van der Waals surface area contributed by atoms with E-state index in [0.717, 1.165) is 18.4 Å². The molecular formula is C14H20N2O2. The lowest BCUT2D eigenvalue weighted by atomic mass is 10.1. The molecule has 18 heavy (non-hydrogen) atoms. The highest BCUT2D eigenvalue weighted by atomic mass is 16.4. The van der Waals surface area contributed by atoms with Gasteiger partial charge >= 0.3 is 5.76 Å². The predicted molar refractivity (Wildman–Crippen MR) is 73.6 cm³/mol. The molecule has 0 saturated carbocycles. The van der Waals surface area contributed by atoms with E-state index in [-0.39, 0.29) is 5.76 Å². The number of nitrogens with two attached hydrogens (primary N) is 1. The molecule has 4 nitrogen and oxygen atoms in total. The van der Waals surface area contributed by atoms with Gasteiger partial charge in [-0.15, -0.1) is 0 Å². The number of hydrogen-bond acceptors (Lipinski definition) is 3. The third kappa shape index (κ3) is 2.75. The molecule has 0 bridgehead atoms. The second kappa shape index (κ2) is 5.76. The Hall–Kier alpha value is -1.71. The van der Waals surface area contributed by atoms with Crippen LogP contribution in [0.15, 0.2) is 27.4 Å². The molecule has 98 valence electrons. The third-order valence-electron chi connectivity index (χ3n) is 3.18. The van der Waals surface area contributed by atoms with E-state index < -0.39 is 0 Å². The van der Waals surface area contributed by atoms with Crippen LogP contribution in [0.4, 0.5) is 5.69 Å². The number of benzene rings is 1. The van der Waals surface area contributed by atoms with Gasteiger partial charge in [0.2, 0.25) is 0 Å². The molecule has 0 amide bonds. The summed E-state index contributed by atoms with van der Waals surface area (Å²) in [6.07, 6.45) is 5.86. The molecule has 0 spiro atoms. The van der Waals surface area contributed by atoms with Crippen molar-refractivity contribution in [3.63, 3.8) is 0 Å². The number of aromatic nitrogens is 1. The summed E-state index contributed by atoms with van der Waals surface area (Å²) in [5.41, 5.74) is 7.81. The molecule has 0 aliphatic heterocycles. The number of rotatable bonds is 6. The lowest BCUT2D eigenvalue weighted by Crippen LogP contribution is -2.14. The van der Waals surface area contributed by atoms with Crippen LogP contribution >= 0.6 is 0 Å². The molecule has 1 heterocycles. The van der Waals surface area contributed by atoms with E-state index in [1.54, 1.807) is 22.8 Å². The fourth-order valence-electron chi connectivity index (χ4n) is 2.16. The first-order valence-electron chi connectivity index (χ1n) is 6.61. The van der Waals surface area contributed by atoms with E-state index >= 15 is 0 Å². The summed E-state index contributed by atoms with van der Waals surface area (Å²) in [6.45, 7) is 2.90. The van der Waals surface area contributed by atoms with Crippen molar-refractivity contribution in [2.24, 2.45) is 0 Å². The van der Waals surface area contributed by atoms with E-state index in [1.807, 2.05) is 0 Å². The van der Waals surface area contributed by atoms with Crippen molar-refractivity contribution in [2.45, 2.75) is 45.6 Å². The Morgan fingerprint density at radius 2 is 2.00 bits per heavy atom. The maximum atomic E-state index is 11.7. The lowest BCUT2D eigenvalue weighted by molar-refractivity contribution is 0.487. The highest BCUT2D eigenvalue weighted by molar-refractivity contribution is 5.76. The van der Waals surface area contributed by atoms with Crippen LogP contribution < -0.4 is 11.5 Å². The molecule has 0 aliphatic carbocycles. The number of nitrogen functional groups attached to an aromatic ring is 1. The summed E-state index contributed by atoms with van der Waals surface area (Å²) < 4.78 is 6.86. The number of anilines is 1. The van der Waals surface area contributed by atoms with E-state index in [1.165, 1.54) is 19.3 Å². The summed E-state index contributed by atoms with van der Waals surface area (Å²) in [5, 5.41) is 0. The first-order chi connectivity index (χ1) is 8.72. The van der Waals surface area contributed by atoms with Crippen LogP contribution in [-0.2, 0) is 6.54 Å². The quantitative estimate of drug-likeness (QED) is 0.631. The standard InChI is InChI=1S/C14H20N2O2/c1-2-3-4-5-6-9-16-12-10-11(15)7-8-13(12)18-14(16)17/h7-8,10H,2-6,9,15H2,1H3. The Kier molecular flexibility index (Phi) is 4.07. The summed E-state index contributed by atoms with van der Waals surface area (Å²) >= 11 is 0. The molecule has 0 aliphatic rings. The van der Waals surface area contributed by atoms with Gasteiger partial charge in [0.25, 0.3) is 0 Å². The van der Waals surface area contributed by atoms with Crippen molar-refractivity contribution in [3.8, 4) is 0 Å².